The summed E-state index contributed by atoms with van der Waals surface area (Å²) < 4.78 is 0. The van der Waals surface area contributed by atoms with Crippen LogP contribution in [0.1, 0.15) is 10.4 Å². The molecular weight excluding hydrogens is 332 g/mol. The Morgan fingerprint density at radius 1 is 1.23 bits per heavy atom. The molecule has 0 aliphatic carbocycles. The zero-order valence-electron chi connectivity index (χ0n) is 12.6. The molecule has 1 atom stereocenters. The van der Waals surface area contributed by atoms with Gasteiger partial charge in [-0.25, -0.2) is 4.98 Å². The van der Waals surface area contributed by atoms with Crippen LogP contribution in [0.5, 0.6) is 0 Å². The summed E-state index contributed by atoms with van der Waals surface area (Å²) in [6.45, 7) is 1.89. The zero-order valence-corrected chi connectivity index (χ0v) is 15.0. The maximum Gasteiger partial charge on any atom is 0.138 e. The highest BCUT2D eigenvalue weighted by Crippen LogP contribution is 2.24. The molecule has 2 aromatic heterocycles. The van der Waals surface area contributed by atoms with Crippen LogP contribution in [0.3, 0.4) is 0 Å². The van der Waals surface area contributed by atoms with Crippen molar-refractivity contribution >= 4 is 45.6 Å². The first-order chi connectivity index (χ1) is 10.7. The molecule has 0 aliphatic heterocycles. The fourth-order valence-electron chi connectivity index (χ4n) is 2.52. The Morgan fingerprint density at radius 3 is 2.82 bits per heavy atom. The minimum absolute atomic E-state index is 0.622. The van der Waals surface area contributed by atoms with Crippen molar-refractivity contribution in [3.8, 4) is 0 Å². The van der Waals surface area contributed by atoms with Crippen LogP contribution in [-0.2, 0) is 13.1 Å². The van der Waals surface area contributed by atoms with Crippen molar-refractivity contribution in [3.05, 3.63) is 57.4 Å². The third kappa shape index (κ3) is 3.63. The van der Waals surface area contributed by atoms with Gasteiger partial charge >= 0.3 is 0 Å². The highest BCUT2D eigenvalue weighted by atomic mass is 35.5. The molecule has 1 unspecified atom stereocenters. The van der Waals surface area contributed by atoms with Gasteiger partial charge in [-0.1, -0.05) is 23.7 Å². The monoisotopic (exact) mass is 349 g/mol. The number of hydrogen-bond donors (Lipinski definition) is 1. The summed E-state index contributed by atoms with van der Waals surface area (Å²) in [5, 5.41) is 3.90. The van der Waals surface area contributed by atoms with E-state index >= 15 is 0 Å². The molecule has 114 valence electrons. The van der Waals surface area contributed by atoms with Gasteiger partial charge in [0, 0.05) is 15.8 Å². The van der Waals surface area contributed by atoms with Crippen LogP contribution in [0, 0.1) is 0 Å². The quantitative estimate of drug-likeness (QED) is 0.556. The summed E-state index contributed by atoms with van der Waals surface area (Å²) in [4.78, 5) is 8.59. The van der Waals surface area contributed by atoms with Crippen molar-refractivity contribution in [2.75, 3.05) is 13.3 Å². The fourth-order valence-corrected chi connectivity index (χ4v) is 3.98. The first-order valence-corrected chi connectivity index (χ1v) is 9.61. The number of thiophene rings is 1. The Balaban J connectivity index is 1.82. The molecule has 0 saturated carbocycles. The Bertz CT molecular complexity index is 772. The molecule has 1 aromatic carbocycles. The van der Waals surface area contributed by atoms with E-state index < -0.39 is 0 Å². The number of pyridine rings is 1. The second-order valence-electron chi connectivity index (χ2n) is 5.39. The third-order valence-electron chi connectivity index (χ3n) is 3.60. The normalized spacial score (nSPS) is 12.7. The summed E-state index contributed by atoms with van der Waals surface area (Å²) in [7, 11) is 2.19. The van der Waals surface area contributed by atoms with E-state index in [0.717, 1.165) is 29.6 Å². The highest BCUT2D eigenvalue weighted by Gasteiger charge is 2.11. The molecule has 0 saturated heterocycles. The summed E-state index contributed by atoms with van der Waals surface area (Å²) in [6, 6.07) is 12.8. The lowest BCUT2D eigenvalue weighted by Crippen LogP contribution is -3.06. The summed E-state index contributed by atoms with van der Waals surface area (Å²) >= 11 is 9.92. The van der Waals surface area contributed by atoms with Gasteiger partial charge in [-0.15, -0.1) is 23.1 Å². The van der Waals surface area contributed by atoms with Crippen LogP contribution in [0.25, 0.3) is 10.9 Å². The van der Waals surface area contributed by atoms with Crippen molar-refractivity contribution in [2.24, 2.45) is 0 Å². The molecule has 0 bridgehead atoms. The first-order valence-electron chi connectivity index (χ1n) is 7.12. The van der Waals surface area contributed by atoms with Gasteiger partial charge in [0.1, 0.15) is 18.2 Å². The van der Waals surface area contributed by atoms with Crippen LogP contribution < -0.4 is 4.90 Å². The molecule has 22 heavy (non-hydrogen) atoms. The maximum atomic E-state index is 6.40. The molecule has 2 nitrogen and oxygen atoms in total. The Morgan fingerprint density at radius 2 is 2.09 bits per heavy atom. The van der Waals surface area contributed by atoms with E-state index in [9.17, 15) is 0 Å². The molecule has 3 aromatic rings. The number of nitrogens with zero attached hydrogens (tertiary/aromatic N) is 1. The van der Waals surface area contributed by atoms with Crippen LogP contribution in [0.2, 0.25) is 5.15 Å². The number of rotatable bonds is 5. The maximum absolute atomic E-state index is 6.40. The number of nitrogens with one attached hydrogen (secondary N) is 1. The highest BCUT2D eigenvalue weighted by molar-refractivity contribution is 7.98. The minimum atomic E-state index is 0.622. The standard InChI is InChI=1S/C17H17ClN2S2/c1-20(11-15-4-3-7-22-15)10-13-8-12-5-6-14(21-2)9-16(12)19-17(13)18/h3-9H,10-11H2,1-2H3/p+1. The number of halogens is 1. The molecule has 3 rings (SSSR count). The van der Waals surface area contributed by atoms with Crippen LogP contribution in [0.4, 0.5) is 0 Å². The number of hydrogen-bond acceptors (Lipinski definition) is 3. The molecule has 5 heteroatoms. The van der Waals surface area contributed by atoms with Gasteiger partial charge < -0.3 is 4.90 Å². The predicted octanol–water partition coefficient (Wildman–Crippen LogP) is 3.89. The van der Waals surface area contributed by atoms with Crippen LogP contribution >= 0.6 is 34.7 Å². The van der Waals surface area contributed by atoms with E-state index in [1.165, 1.54) is 14.7 Å². The van der Waals surface area contributed by atoms with E-state index in [4.69, 9.17) is 11.6 Å². The summed E-state index contributed by atoms with van der Waals surface area (Å²) in [5.41, 5.74) is 2.08. The molecule has 0 aliphatic rings. The van der Waals surface area contributed by atoms with Crippen molar-refractivity contribution < 1.29 is 4.90 Å². The molecule has 0 fully saturated rings. The zero-order chi connectivity index (χ0) is 15.5. The van der Waals surface area contributed by atoms with E-state index in [2.05, 4.69) is 60.1 Å². The lowest BCUT2D eigenvalue weighted by atomic mass is 10.1. The van der Waals surface area contributed by atoms with Gasteiger partial charge in [-0.3, -0.25) is 0 Å². The second kappa shape index (κ2) is 7.01. The number of quaternary nitrogens is 1. The Kier molecular flexibility index (Phi) is 5.03. The van der Waals surface area contributed by atoms with Gasteiger partial charge in [-0.2, -0.15) is 0 Å². The lowest BCUT2D eigenvalue weighted by molar-refractivity contribution is -0.907. The van der Waals surface area contributed by atoms with Crippen molar-refractivity contribution in [1.82, 2.24) is 4.98 Å². The molecule has 1 N–H and O–H groups in total. The number of thioether (sulfide) groups is 1. The number of benzene rings is 1. The Labute approximate surface area is 144 Å². The van der Waals surface area contributed by atoms with E-state index in [1.807, 2.05) is 0 Å². The van der Waals surface area contributed by atoms with E-state index in [0.29, 0.717) is 5.15 Å². The van der Waals surface area contributed by atoms with Gasteiger partial charge in [0.25, 0.3) is 0 Å². The van der Waals surface area contributed by atoms with E-state index in [-0.39, 0.29) is 0 Å². The van der Waals surface area contributed by atoms with E-state index in [1.54, 1.807) is 23.1 Å². The third-order valence-corrected chi connectivity index (χ3v) is 5.53. The molecule has 0 radical (unpaired) electrons. The van der Waals surface area contributed by atoms with Crippen LogP contribution in [-0.4, -0.2) is 18.3 Å². The van der Waals surface area contributed by atoms with Gasteiger partial charge in [0.2, 0.25) is 0 Å². The number of fused-ring (bicyclic) bond motifs is 1. The smallest absolute Gasteiger partial charge is 0.138 e. The summed E-state index contributed by atoms with van der Waals surface area (Å²) in [6.07, 6.45) is 2.07. The molecule has 2 heterocycles. The minimum Gasteiger partial charge on any atom is -0.329 e. The van der Waals surface area contributed by atoms with Gasteiger partial charge in [-0.05, 0) is 35.9 Å². The SMILES string of the molecule is CSc1ccc2cc(C[NH+](C)Cc3cccs3)c(Cl)nc2c1. The predicted molar refractivity (Wildman–Crippen MR) is 97.1 cm³/mol. The largest absolute Gasteiger partial charge is 0.329 e. The lowest BCUT2D eigenvalue weighted by Gasteiger charge is -2.14. The topological polar surface area (TPSA) is 17.3 Å². The van der Waals surface area contributed by atoms with Gasteiger partial charge in [0.15, 0.2) is 0 Å². The molecule has 0 spiro atoms. The first kappa shape index (κ1) is 15.8. The van der Waals surface area contributed by atoms with Crippen LogP contribution in [0.15, 0.2) is 46.7 Å². The number of aromatic nitrogens is 1. The van der Waals surface area contributed by atoms with Crippen molar-refractivity contribution in [2.45, 2.75) is 18.0 Å². The average Bonchev–Trinajstić information content (AvgIpc) is 3.00. The van der Waals surface area contributed by atoms with Gasteiger partial charge in [0.05, 0.1) is 17.4 Å². The fraction of sp³-hybridized carbons (Fsp3) is 0.235. The second-order valence-corrected chi connectivity index (χ2v) is 7.66. The Hall–Kier alpha value is -1.07. The average molecular weight is 350 g/mol. The molecular formula is C17H18ClN2S2+. The molecule has 0 amide bonds. The van der Waals surface area contributed by atoms with Crippen molar-refractivity contribution in [1.29, 1.82) is 0 Å². The summed E-state index contributed by atoms with van der Waals surface area (Å²) in [5.74, 6) is 0. The van der Waals surface area contributed by atoms with Crippen molar-refractivity contribution in [3.63, 3.8) is 0 Å².